The topological polar surface area (TPSA) is 74.2 Å². The van der Waals surface area contributed by atoms with Crippen molar-refractivity contribution in [3.63, 3.8) is 0 Å². The molecule has 0 atom stereocenters. The Balaban J connectivity index is 1.74. The van der Waals surface area contributed by atoms with Crippen LogP contribution in [-0.4, -0.2) is 52.7 Å². The van der Waals surface area contributed by atoms with Crippen LogP contribution in [0.3, 0.4) is 0 Å². The first kappa shape index (κ1) is 15.2. The Labute approximate surface area is 135 Å². The molecule has 1 aromatic carbocycles. The van der Waals surface area contributed by atoms with Crippen molar-refractivity contribution in [1.29, 1.82) is 0 Å². The second-order valence-corrected chi connectivity index (χ2v) is 5.71. The summed E-state index contributed by atoms with van der Waals surface area (Å²) in [5.74, 6) is 1.25. The molecule has 0 saturated carbocycles. The molecule has 1 aromatic heterocycles. The molecule has 1 saturated heterocycles. The van der Waals surface area contributed by atoms with Crippen LogP contribution in [-0.2, 0) is 4.79 Å². The van der Waals surface area contributed by atoms with Crippen LogP contribution in [0.15, 0.2) is 24.4 Å². The molecule has 1 N–H and O–H groups in total. The van der Waals surface area contributed by atoms with Crippen molar-refractivity contribution in [2.75, 3.05) is 36.4 Å². The number of rotatable bonds is 4. The molecule has 0 bridgehead atoms. The van der Waals surface area contributed by atoms with Gasteiger partial charge in [0.1, 0.15) is 0 Å². The highest BCUT2D eigenvalue weighted by Crippen LogP contribution is 2.21. The maximum Gasteiger partial charge on any atom is 0.247 e. The maximum atomic E-state index is 10.8. The molecular weight excluding hydrogens is 292 g/mol. The number of hydrogen-bond donors (Lipinski definition) is 1. The Morgan fingerprint density at radius 2 is 1.96 bits per heavy atom. The molecule has 2 aromatic rings. The molecule has 0 radical (unpaired) electrons. The van der Waals surface area contributed by atoms with E-state index in [1.807, 2.05) is 11.0 Å². The SMILES string of the molecule is Cc1ccc(Nc2cnnc(N3CCN(C=O)CC3)n2)c(C)c1. The lowest BCUT2D eigenvalue weighted by atomic mass is 10.1. The summed E-state index contributed by atoms with van der Waals surface area (Å²) in [7, 11) is 0. The highest BCUT2D eigenvalue weighted by atomic mass is 16.1. The molecule has 120 valence electrons. The van der Waals surface area contributed by atoms with Crippen molar-refractivity contribution < 1.29 is 4.79 Å². The van der Waals surface area contributed by atoms with E-state index in [9.17, 15) is 4.79 Å². The van der Waals surface area contributed by atoms with E-state index >= 15 is 0 Å². The second-order valence-electron chi connectivity index (χ2n) is 5.71. The summed E-state index contributed by atoms with van der Waals surface area (Å²) < 4.78 is 0. The van der Waals surface area contributed by atoms with E-state index < -0.39 is 0 Å². The van der Waals surface area contributed by atoms with Crippen LogP contribution >= 0.6 is 0 Å². The third-order valence-corrected chi connectivity index (χ3v) is 3.94. The Morgan fingerprint density at radius 1 is 1.17 bits per heavy atom. The summed E-state index contributed by atoms with van der Waals surface area (Å²) >= 11 is 0. The van der Waals surface area contributed by atoms with E-state index in [0.29, 0.717) is 37.9 Å². The number of carbonyl (C=O) groups excluding carboxylic acids is 1. The van der Waals surface area contributed by atoms with E-state index in [-0.39, 0.29) is 0 Å². The monoisotopic (exact) mass is 312 g/mol. The number of nitrogens with zero attached hydrogens (tertiary/aromatic N) is 5. The summed E-state index contributed by atoms with van der Waals surface area (Å²) in [6.07, 6.45) is 2.50. The molecule has 0 spiro atoms. The normalized spacial score (nSPS) is 14.7. The van der Waals surface area contributed by atoms with Crippen LogP contribution in [0.25, 0.3) is 0 Å². The number of benzene rings is 1. The fourth-order valence-corrected chi connectivity index (χ4v) is 2.61. The molecule has 3 rings (SSSR count). The molecule has 0 unspecified atom stereocenters. The number of nitrogens with one attached hydrogen (secondary N) is 1. The molecule has 7 heteroatoms. The predicted octanol–water partition coefficient (Wildman–Crippen LogP) is 1.51. The number of aryl methyl sites for hydroxylation is 2. The van der Waals surface area contributed by atoms with Crippen LogP contribution in [0.2, 0.25) is 0 Å². The number of hydrogen-bond acceptors (Lipinski definition) is 6. The first-order chi connectivity index (χ1) is 11.2. The van der Waals surface area contributed by atoms with E-state index in [4.69, 9.17) is 0 Å². The molecule has 2 heterocycles. The van der Waals surface area contributed by atoms with Gasteiger partial charge in [0.25, 0.3) is 0 Å². The standard InChI is InChI=1S/C16H20N6O/c1-12-3-4-14(13(2)9-12)18-15-10-17-20-16(19-15)22-7-5-21(11-23)6-8-22/h3-4,9-11H,5-8H2,1-2H3,(H,18,19,20). The maximum absolute atomic E-state index is 10.8. The van der Waals surface area contributed by atoms with Gasteiger partial charge in [-0.15, -0.1) is 5.10 Å². The molecule has 7 nitrogen and oxygen atoms in total. The number of piperazine rings is 1. The molecular formula is C16H20N6O. The van der Waals surface area contributed by atoms with Gasteiger partial charge in [-0.25, -0.2) is 0 Å². The third kappa shape index (κ3) is 3.56. The van der Waals surface area contributed by atoms with Gasteiger partial charge < -0.3 is 15.1 Å². The zero-order chi connectivity index (χ0) is 16.2. The van der Waals surface area contributed by atoms with Crippen LogP contribution < -0.4 is 10.2 Å². The lowest BCUT2D eigenvalue weighted by Gasteiger charge is -2.32. The molecule has 1 fully saturated rings. The average Bonchev–Trinajstić information content (AvgIpc) is 2.58. The van der Waals surface area contributed by atoms with E-state index in [2.05, 4.69) is 46.5 Å². The van der Waals surface area contributed by atoms with Crippen molar-refractivity contribution in [1.82, 2.24) is 20.1 Å². The predicted molar refractivity (Wildman–Crippen MR) is 88.9 cm³/mol. The Bertz CT molecular complexity index is 697. The first-order valence-corrected chi connectivity index (χ1v) is 7.64. The van der Waals surface area contributed by atoms with Crippen LogP contribution in [0.4, 0.5) is 17.5 Å². The molecule has 1 aliphatic rings. The lowest BCUT2D eigenvalue weighted by Crippen LogP contribution is -2.46. The van der Waals surface area contributed by atoms with Gasteiger partial charge >= 0.3 is 0 Å². The quantitative estimate of drug-likeness (QED) is 0.863. The summed E-state index contributed by atoms with van der Waals surface area (Å²) in [5.41, 5.74) is 3.39. The van der Waals surface area contributed by atoms with Crippen molar-refractivity contribution in [2.45, 2.75) is 13.8 Å². The second kappa shape index (κ2) is 6.60. The fourth-order valence-electron chi connectivity index (χ4n) is 2.61. The highest BCUT2D eigenvalue weighted by molar-refractivity contribution is 5.61. The van der Waals surface area contributed by atoms with E-state index in [1.165, 1.54) is 5.56 Å². The van der Waals surface area contributed by atoms with Gasteiger partial charge in [-0.2, -0.15) is 10.1 Å². The molecule has 1 aliphatic heterocycles. The zero-order valence-corrected chi connectivity index (χ0v) is 13.4. The van der Waals surface area contributed by atoms with Crippen molar-refractivity contribution in [3.05, 3.63) is 35.5 Å². The fraction of sp³-hybridized carbons (Fsp3) is 0.375. The minimum absolute atomic E-state index is 0.588. The number of carbonyl (C=O) groups is 1. The van der Waals surface area contributed by atoms with Gasteiger partial charge in [0.15, 0.2) is 5.82 Å². The van der Waals surface area contributed by atoms with Crippen LogP contribution in [0.5, 0.6) is 0 Å². The van der Waals surface area contributed by atoms with Crippen LogP contribution in [0.1, 0.15) is 11.1 Å². The van der Waals surface area contributed by atoms with Gasteiger partial charge in [0, 0.05) is 31.9 Å². The minimum atomic E-state index is 0.588. The van der Waals surface area contributed by atoms with Crippen LogP contribution in [0, 0.1) is 13.8 Å². The Hall–Kier alpha value is -2.70. The summed E-state index contributed by atoms with van der Waals surface area (Å²) in [6.45, 7) is 6.92. The smallest absolute Gasteiger partial charge is 0.247 e. The average molecular weight is 312 g/mol. The van der Waals surface area contributed by atoms with Gasteiger partial charge in [-0.05, 0) is 25.5 Å². The van der Waals surface area contributed by atoms with Gasteiger partial charge in [-0.3, -0.25) is 4.79 Å². The molecule has 23 heavy (non-hydrogen) atoms. The van der Waals surface area contributed by atoms with Crippen molar-refractivity contribution in [3.8, 4) is 0 Å². The van der Waals surface area contributed by atoms with E-state index in [0.717, 1.165) is 17.7 Å². The van der Waals surface area contributed by atoms with Gasteiger partial charge in [0.05, 0.1) is 6.20 Å². The van der Waals surface area contributed by atoms with Gasteiger partial charge in [-0.1, -0.05) is 17.7 Å². The summed E-state index contributed by atoms with van der Waals surface area (Å²) in [5, 5.41) is 11.4. The minimum Gasteiger partial charge on any atom is -0.342 e. The molecule has 0 aliphatic carbocycles. The largest absolute Gasteiger partial charge is 0.342 e. The number of anilines is 3. The number of amides is 1. The summed E-state index contributed by atoms with van der Waals surface area (Å²) in [4.78, 5) is 19.1. The highest BCUT2D eigenvalue weighted by Gasteiger charge is 2.18. The van der Waals surface area contributed by atoms with E-state index in [1.54, 1.807) is 11.1 Å². The van der Waals surface area contributed by atoms with Gasteiger partial charge in [0.2, 0.25) is 12.4 Å². The first-order valence-electron chi connectivity index (χ1n) is 7.64. The summed E-state index contributed by atoms with van der Waals surface area (Å²) in [6, 6.07) is 6.22. The lowest BCUT2D eigenvalue weighted by molar-refractivity contribution is -0.118. The Morgan fingerprint density at radius 3 is 2.65 bits per heavy atom. The van der Waals surface area contributed by atoms with Crippen molar-refractivity contribution in [2.24, 2.45) is 0 Å². The Kier molecular flexibility index (Phi) is 4.36. The number of aromatic nitrogens is 3. The third-order valence-electron chi connectivity index (χ3n) is 3.94. The van der Waals surface area contributed by atoms with Crippen molar-refractivity contribution >= 4 is 23.9 Å². The molecule has 1 amide bonds. The zero-order valence-electron chi connectivity index (χ0n) is 13.4.